The summed E-state index contributed by atoms with van der Waals surface area (Å²) in [6.45, 7) is 14.0. The van der Waals surface area contributed by atoms with Crippen molar-refractivity contribution in [1.29, 1.82) is 0 Å². The summed E-state index contributed by atoms with van der Waals surface area (Å²) in [7, 11) is 0. The number of rotatable bonds is 3. The van der Waals surface area contributed by atoms with Crippen LogP contribution >= 0.6 is 0 Å². The smallest absolute Gasteiger partial charge is 0.115 e. The van der Waals surface area contributed by atoms with Gasteiger partial charge < -0.3 is 10.2 Å². The van der Waals surface area contributed by atoms with E-state index in [0.717, 1.165) is 22.3 Å². The first kappa shape index (κ1) is 23.3. The van der Waals surface area contributed by atoms with Gasteiger partial charge in [-0.05, 0) is 47.9 Å². The first-order valence-corrected chi connectivity index (χ1v) is 10.2. The third-order valence-corrected chi connectivity index (χ3v) is 3.65. The van der Waals surface area contributed by atoms with Crippen molar-refractivity contribution in [2.45, 2.75) is 54.4 Å². The molecule has 0 unspecified atom stereocenters. The van der Waals surface area contributed by atoms with Crippen LogP contribution < -0.4 is 0 Å². The zero-order chi connectivity index (χ0) is 22.4. The van der Waals surface area contributed by atoms with Crippen LogP contribution in [-0.4, -0.2) is 10.2 Å². The van der Waals surface area contributed by atoms with E-state index < -0.39 is 5.89 Å². The van der Waals surface area contributed by atoms with Gasteiger partial charge in [0.1, 0.15) is 11.5 Å². The summed E-state index contributed by atoms with van der Waals surface area (Å²) in [4.78, 5) is 0. The highest BCUT2D eigenvalue weighted by atomic mass is 16.3. The van der Waals surface area contributed by atoms with Crippen molar-refractivity contribution in [2.75, 3.05) is 0 Å². The summed E-state index contributed by atoms with van der Waals surface area (Å²) in [6.07, 6.45) is 0. The van der Waals surface area contributed by atoms with E-state index in [9.17, 15) is 11.6 Å². The molecule has 0 saturated carbocycles. The Morgan fingerprint density at radius 1 is 0.536 bits per heavy atom. The highest BCUT2D eigenvalue weighted by Gasteiger charge is 2.16. The number of aromatic hydroxyl groups is 2. The average molecular weight is 383 g/mol. The summed E-state index contributed by atoms with van der Waals surface area (Å²) < 4.78 is 9.19. The standard InChI is InChI=1S/C20H18O2.3C2H6/c1-14-2-4-15(5-3-14)20(16-6-10-18(21)11-7-16)17-8-12-19(22)13-9-17;3*1-2/h2-13,20-22H,1H3;3*1-2H3/i20T;;;. The molecule has 2 nitrogen and oxygen atoms in total. The highest BCUT2D eigenvalue weighted by Crippen LogP contribution is 2.33. The first-order valence-electron chi connectivity index (χ1n) is 10.7. The Morgan fingerprint density at radius 3 is 1.07 bits per heavy atom. The van der Waals surface area contributed by atoms with E-state index in [4.69, 9.17) is 0 Å². The number of aryl methyl sites for hydroxylation is 1. The van der Waals surface area contributed by atoms with E-state index in [2.05, 4.69) is 0 Å². The molecule has 0 aliphatic rings. The average Bonchev–Trinajstić information content (AvgIpc) is 2.79. The fourth-order valence-electron chi connectivity index (χ4n) is 2.48. The van der Waals surface area contributed by atoms with Crippen LogP contribution in [0.2, 0.25) is 0 Å². The Bertz CT molecular complexity index is 681. The van der Waals surface area contributed by atoms with E-state index in [1.54, 1.807) is 48.5 Å². The quantitative estimate of drug-likeness (QED) is 0.456. The van der Waals surface area contributed by atoms with E-state index in [1.807, 2.05) is 72.7 Å². The minimum Gasteiger partial charge on any atom is -0.508 e. The number of hydrogen-bond acceptors (Lipinski definition) is 2. The SMILES string of the molecule is CC.CC.CC.[3H]C(c1ccc(C)cc1)(c1ccc(O)cc1)c1ccc(O)cc1. The van der Waals surface area contributed by atoms with Crippen molar-refractivity contribution in [3.8, 4) is 11.5 Å². The predicted molar refractivity (Wildman–Crippen MR) is 122 cm³/mol. The molecule has 0 heterocycles. The van der Waals surface area contributed by atoms with Crippen LogP contribution in [0.5, 0.6) is 11.5 Å². The van der Waals surface area contributed by atoms with Crippen LogP contribution in [0.3, 0.4) is 0 Å². The van der Waals surface area contributed by atoms with Gasteiger partial charge in [0.15, 0.2) is 0 Å². The molecule has 0 saturated heterocycles. The van der Waals surface area contributed by atoms with Crippen molar-refractivity contribution in [2.24, 2.45) is 0 Å². The molecule has 0 aliphatic heterocycles. The number of hydrogen-bond donors (Lipinski definition) is 2. The van der Waals surface area contributed by atoms with Gasteiger partial charge in [0.25, 0.3) is 0 Å². The molecular weight excluding hydrogens is 344 g/mol. The summed E-state index contributed by atoms with van der Waals surface area (Å²) in [5, 5.41) is 19.1. The van der Waals surface area contributed by atoms with Crippen molar-refractivity contribution in [3.05, 3.63) is 95.1 Å². The molecule has 152 valence electrons. The second-order valence-corrected chi connectivity index (χ2v) is 5.33. The minimum absolute atomic E-state index is 0.172. The van der Waals surface area contributed by atoms with Crippen LogP contribution in [0.1, 0.15) is 71.1 Å². The largest absolute Gasteiger partial charge is 0.508 e. The molecule has 0 amide bonds. The molecule has 28 heavy (non-hydrogen) atoms. The first-order chi connectivity index (χ1) is 14.0. The summed E-state index contributed by atoms with van der Waals surface area (Å²) in [6, 6.07) is 21.3. The lowest BCUT2D eigenvalue weighted by Crippen LogP contribution is -2.03. The Kier molecular flexibility index (Phi) is 11.9. The monoisotopic (exact) mass is 382 g/mol. The van der Waals surface area contributed by atoms with Gasteiger partial charge in [0.05, 0.1) is 0 Å². The fourth-order valence-corrected chi connectivity index (χ4v) is 2.48. The molecule has 2 N–H and O–H groups in total. The van der Waals surface area contributed by atoms with Gasteiger partial charge in [-0.25, -0.2) is 0 Å². The predicted octanol–water partition coefficient (Wildman–Crippen LogP) is 7.67. The molecule has 0 radical (unpaired) electrons. The van der Waals surface area contributed by atoms with Crippen LogP contribution in [0.4, 0.5) is 0 Å². The zero-order valence-corrected chi connectivity index (χ0v) is 18.3. The van der Waals surface area contributed by atoms with Gasteiger partial charge in [0.2, 0.25) is 0 Å². The number of benzene rings is 3. The van der Waals surface area contributed by atoms with Gasteiger partial charge in [-0.1, -0.05) is 95.6 Å². The van der Waals surface area contributed by atoms with E-state index in [-0.39, 0.29) is 11.5 Å². The van der Waals surface area contributed by atoms with Crippen LogP contribution in [0, 0.1) is 6.92 Å². The maximum atomic E-state index is 9.54. The zero-order valence-electron chi connectivity index (χ0n) is 19.3. The molecular formula is C26H36O2. The fraction of sp³-hybridized carbons (Fsp3) is 0.308. The van der Waals surface area contributed by atoms with Crippen molar-refractivity contribution < 1.29 is 11.6 Å². The molecule has 3 rings (SSSR count). The van der Waals surface area contributed by atoms with Gasteiger partial charge >= 0.3 is 0 Å². The molecule has 0 fully saturated rings. The van der Waals surface area contributed by atoms with Crippen molar-refractivity contribution in [3.63, 3.8) is 0 Å². The third-order valence-electron chi connectivity index (χ3n) is 3.65. The normalized spacial score (nSPS) is 10.0. The lowest BCUT2D eigenvalue weighted by Gasteiger charge is -2.19. The molecule has 3 aromatic carbocycles. The molecule has 0 aliphatic carbocycles. The minimum atomic E-state index is -1.12. The second kappa shape index (κ2) is 14.3. The molecule has 0 bridgehead atoms. The Morgan fingerprint density at radius 2 is 0.786 bits per heavy atom. The lowest BCUT2D eigenvalue weighted by atomic mass is 9.85. The molecule has 0 aromatic heterocycles. The van der Waals surface area contributed by atoms with E-state index in [1.165, 1.54) is 0 Å². The van der Waals surface area contributed by atoms with Crippen molar-refractivity contribution >= 4 is 0 Å². The number of phenolic OH excluding ortho intramolecular Hbond substituents is 2. The van der Waals surface area contributed by atoms with Crippen LogP contribution in [-0.2, 0) is 0 Å². The van der Waals surface area contributed by atoms with E-state index >= 15 is 0 Å². The maximum Gasteiger partial charge on any atom is 0.115 e. The highest BCUT2D eigenvalue weighted by molar-refractivity contribution is 5.45. The van der Waals surface area contributed by atoms with Gasteiger partial charge in [-0.2, -0.15) is 0 Å². The maximum absolute atomic E-state index is 9.54. The summed E-state index contributed by atoms with van der Waals surface area (Å²) in [5.41, 5.74) is 3.47. The van der Waals surface area contributed by atoms with Gasteiger partial charge in [0, 0.05) is 7.26 Å². The van der Waals surface area contributed by atoms with Crippen LogP contribution in [0.25, 0.3) is 0 Å². The molecule has 2 heteroatoms. The lowest BCUT2D eigenvalue weighted by molar-refractivity contribution is 0.475. The molecule has 0 atom stereocenters. The molecule has 0 spiro atoms. The Balaban J connectivity index is 0.00000120. The van der Waals surface area contributed by atoms with E-state index in [0.29, 0.717) is 0 Å². The third kappa shape index (κ3) is 7.48. The number of phenols is 2. The topological polar surface area (TPSA) is 40.5 Å². The van der Waals surface area contributed by atoms with Gasteiger partial charge in [-0.15, -0.1) is 0 Å². The Labute approximate surface area is 172 Å². The summed E-state index contributed by atoms with van der Waals surface area (Å²) >= 11 is 0. The second-order valence-electron chi connectivity index (χ2n) is 5.33. The van der Waals surface area contributed by atoms with Crippen LogP contribution in [0.15, 0.2) is 72.8 Å². The van der Waals surface area contributed by atoms with Gasteiger partial charge in [-0.3, -0.25) is 0 Å². The Hall–Kier alpha value is -2.74. The van der Waals surface area contributed by atoms with Crippen molar-refractivity contribution in [1.82, 2.24) is 0 Å². The summed E-state index contributed by atoms with van der Waals surface area (Å²) in [5.74, 6) is -0.772. The molecule has 3 aromatic rings.